The van der Waals surface area contributed by atoms with Crippen molar-refractivity contribution >= 4 is 22.5 Å². The first-order chi connectivity index (χ1) is 11.8. The third kappa shape index (κ3) is 3.76. The molecule has 1 aromatic heterocycles. The Morgan fingerprint density at radius 2 is 1.96 bits per heavy atom. The number of aromatic nitrogens is 2. The standard InChI is InChI=1S/C18H23N3O3S/c1-12(24-13-8-6-5-7-9-13)17(22)19-16-14-10-25(23)11-15(14)20-21(16)18(2,3)4/h5-9,12H,10-11H2,1-4H3,(H,19,22)/t12-,25-/m1/s1. The normalized spacial score (nSPS) is 17.8. The van der Waals surface area contributed by atoms with Gasteiger partial charge in [0.05, 0.1) is 22.7 Å². The predicted octanol–water partition coefficient (Wildman–Crippen LogP) is 2.81. The fourth-order valence-electron chi connectivity index (χ4n) is 2.72. The number of rotatable bonds is 4. The minimum atomic E-state index is -0.949. The lowest BCUT2D eigenvalue weighted by Gasteiger charge is -2.24. The third-order valence-electron chi connectivity index (χ3n) is 3.97. The number of carbonyl (C=O) groups excluding carboxylic acids is 1. The number of hydrogen-bond donors (Lipinski definition) is 1. The molecular weight excluding hydrogens is 338 g/mol. The fourth-order valence-corrected chi connectivity index (χ4v) is 3.98. The molecule has 6 nitrogen and oxygen atoms in total. The summed E-state index contributed by atoms with van der Waals surface area (Å²) in [5.41, 5.74) is 1.38. The summed E-state index contributed by atoms with van der Waals surface area (Å²) in [6, 6.07) is 9.23. The minimum Gasteiger partial charge on any atom is -0.481 e. The van der Waals surface area contributed by atoms with E-state index in [-0.39, 0.29) is 11.4 Å². The van der Waals surface area contributed by atoms with Crippen LogP contribution in [0.1, 0.15) is 39.0 Å². The number of nitrogens with zero attached hydrogens (tertiary/aromatic N) is 2. The lowest BCUT2D eigenvalue weighted by Crippen LogP contribution is -2.33. The van der Waals surface area contributed by atoms with E-state index in [0.717, 1.165) is 11.3 Å². The summed E-state index contributed by atoms with van der Waals surface area (Å²) in [7, 11) is -0.949. The van der Waals surface area contributed by atoms with E-state index in [1.165, 1.54) is 0 Å². The Balaban J connectivity index is 1.82. The van der Waals surface area contributed by atoms with Crippen molar-refractivity contribution in [3.8, 4) is 5.75 Å². The minimum absolute atomic E-state index is 0.255. The van der Waals surface area contributed by atoms with Crippen molar-refractivity contribution in [2.24, 2.45) is 0 Å². The Bertz CT molecular complexity index is 809. The van der Waals surface area contributed by atoms with Crippen LogP contribution < -0.4 is 10.1 Å². The molecule has 0 unspecified atom stereocenters. The molecule has 1 N–H and O–H groups in total. The highest BCUT2D eigenvalue weighted by Crippen LogP contribution is 2.33. The average molecular weight is 361 g/mol. The molecule has 1 aromatic carbocycles. The molecule has 0 spiro atoms. The van der Waals surface area contributed by atoms with Gasteiger partial charge in [0.15, 0.2) is 6.10 Å². The van der Waals surface area contributed by atoms with E-state index in [0.29, 0.717) is 23.1 Å². The molecule has 134 valence electrons. The van der Waals surface area contributed by atoms with Gasteiger partial charge in [0.1, 0.15) is 11.6 Å². The van der Waals surface area contributed by atoms with Crippen molar-refractivity contribution in [3.05, 3.63) is 41.6 Å². The topological polar surface area (TPSA) is 73.2 Å². The van der Waals surface area contributed by atoms with Crippen LogP contribution in [0.2, 0.25) is 0 Å². The molecule has 0 fully saturated rings. The molecule has 1 amide bonds. The monoisotopic (exact) mass is 361 g/mol. The zero-order valence-electron chi connectivity index (χ0n) is 14.9. The van der Waals surface area contributed by atoms with Crippen molar-refractivity contribution in [1.29, 1.82) is 0 Å². The molecule has 3 rings (SSSR count). The summed E-state index contributed by atoms with van der Waals surface area (Å²) < 4.78 is 19.4. The van der Waals surface area contributed by atoms with Crippen LogP contribution in [-0.4, -0.2) is 26.0 Å². The molecule has 0 aliphatic carbocycles. The summed E-state index contributed by atoms with van der Waals surface area (Å²) in [6.07, 6.45) is -0.659. The molecule has 7 heteroatoms. The second-order valence-corrected chi connectivity index (χ2v) is 8.60. The number of nitrogens with one attached hydrogen (secondary N) is 1. The molecular formula is C18H23N3O3S. The van der Waals surface area contributed by atoms with Crippen LogP contribution >= 0.6 is 0 Å². The van der Waals surface area contributed by atoms with Gasteiger partial charge in [-0.25, -0.2) is 4.68 Å². The SMILES string of the molecule is C[C@@H](Oc1ccccc1)C(=O)Nc1c2c(nn1C(C)(C)C)C[S@](=O)C2. The van der Waals surface area contributed by atoms with Crippen molar-refractivity contribution in [1.82, 2.24) is 9.78 Å². The maximum absolute atomic E-state index is 12.6. The molecule has 1 aliphatic heterocycles. The first kappa shape index (κ1) is 17.7. The highest BCUT2D eigenvalue weighted by molar-refractivity contribution is 7.83. The number of ether oxygens (including phenoxy) is 1. The Labute approximate surface area is 150 Å². The van der Waals surface area contributed by atoms with Crippen molar-refractivity contribution < 1.29 is 13.7 Å². The van der Waals surface area contributed by atoms with E-state index < -0.39 is 16.9 Å². The molecule has 0 saturated carbocycles. The second kappa shape index (κ2) is 6.63. The summed E-state index contributed by atoms with van der Waals surface area (Å²) in [5.74, 6) is 1.88. The average Bonchev–Trinajstić information content (AvgIpc) is 3.05. The van der Waals surface area contributed by atoms with Gasteiger partial charge in [-0.3, -0.25) is 9.00 Å². The summed E-state index contributed by atoms with van der Waals surface area (Å²) >= 11 is 0. The maximum atomic E-state index is 12.6. The van der Waals surface area contributed by atoms with Crippen LogP contribution in [0.5, 0.6) is 5.75 Å². The van der Waals surface area contributed by atoms with Gasteiger partial charge in [-0.1, -0.05) is 18.2 Å². The Morgan fingerprint density at radius 1 is 1.28 bits per heavy atom. The molecule has 25 heavy (non-hydrogen) atoms. The van der Waals surface area contributed by atoms with Crippen LogP contribution in [-0.2, 0) is 32.6 Å². The van der Waals surface area contributed by atoms with Crippen LogP contribution in [0, 0.1) is 0 Å². The number of carbonyl (C=O) groups is 1. The number of para-hydroxylation sites is 1. The summed E-state index contributed by atoms with van der Waals surface area (Å²) in [5, 5.41) is 7.52. The molecule has 2 aromatic rings. The van der Waals surface area contributed by atoms with E-state index in [1.807, 2.05) is 51.1 Å². The van der Waals surface area contributed by atoms with E-state index >= 15 is 0 Å². The van der Waals surface area contributed by atoms with Crippen LogP contribution in [0.25, 0.3) is 0 Å². The highest BCUT2D eigenvalue weighted by atomic mass is 32.2. The van der Waals surface area contributed by atoms with Crippen LogP contribution in [0.4, 0.5) is 5.82 Å². The van der Waals surface area contributed by atoms with Gasteiger partial charge in [0, 0.05) is 16.4 Å². The van der Waals surface area contributed by atoms with Crippen molar-refractivity contribution in [3.63, 3.8) is 0 Å². The Morgan fingerprint density at radius 3 is 2.60 bits per heavy atom. The van der Waals surface area contributed by atoms with E-state index in [9.17, 15) is 9.00 Å². The van der Waals surface area contributed by atoms with Gasteiger partial charge in [-0.2, -0.15) is 5.10 Å². The van der Waals surface area contributed by atoms with Gasteiger partial charge in [0.25, 0.3) is 5.91 Å². The van der Waals surface area contributed by atoms with Gasteiger partial charge in [-0.15, -0.1) is 0 Å². The van der Waals surface area contributed by atoms with Crippen LogP contribution in [0.3, 0.4) is 0 Å². The molecule has 0 radical (unpaired) electrons. The third-order valence-corrected chi connectivity index (χ3v) is 5.18. The lowest BCUT2D eigenvalue weighted by molar-refractivity contribution is -0.122. The smallest absolute Gasteiger partial charge is 0.266 e. The largest absolute Gasteiger partial charge is 0.481 e. The first-order valence-electron chi connectivity index (χ1n) is 8.24. The molecule has 2 heterocycles. The van der Waals surface area contributed by atoms with Gasteiger partial charge in [-0.05, 0) is 39.8 Å². The zero-order valence-corrected chi connectivity index (χ0v) is 15.7. The number of anilines is 1. The van der Waals surface area contributed by atoms with E-state index in [4.69, 9.17) is 4.74 Å². The first-order valence-corrected chi connectivity index (χ1v) is 9.73. The summed E-state index contributed by atoms with van der Waals surface area (Å²) in [6.45, 7) is 7.77. The molecule has 0 saturated heterocycles. The second-order valence-electron chi connectivity index (χ2n) is 7.15. The summed E-state index contributed by atoms with van der Waals surface area (Å²) in [4.78, 5) is 12.6. The van der Waals surface area contributed by atoms with Crippen molar-refractivity contribution in [2.75, 3.05) is 5.32 Å². The Hall–Kier alpha value is -2.15. The number of amides is 1. The fraction of sp³-hybridized carbons (Fsp3) is 0.444. The number of benzene rings is 1. The zero-order chi connectivity index (χ0) is 18.2. The van der Waals surface area contributed by atoms with Gasteiger partial charge in [0.2, 0.25) is 0 Å². The number of hydrogen-bond acceptors (Lipinski definition) is 4. The lowest BCUT2D eigenvalue weighted by atomic mass is 10.1. The molecule has 0 bridgehead atoms. The predicted molar refractivity (Wildman–Crippen MR) is 97.9 cm³/mol. The van der Waals surface area contributed by atoms with E-state index in [1.54, 1.807) is 11.6 Å². The quantitative estimate of drug-likeness (QED) is 0.909. The Kier molecular flexibility index (Phi) is 4.69. The molecule has 2 atom stereocenters. The van der Waals surface area contributed by atoms with Crippen LogP contribution in [0.15, 0.2) is 30.3 Å². The van der Waals surface area contributed by atoms with Crippen molar-refractivity contribution in [2.45, 2.75) is 50.8 Å². The molecule has 1 aliphatic rings. The van der Waals surface area contributed by atoms with Gasteiger partial charge < -0.3 is 10.1 Å². The van der Waals surface area contributed by atoms with E-state index in [2.05, 4.69) is 10.4 Å². The number of fused-ring (bicyclic) bond motifs is 1. The van der Waals surface area contributed by atoms with Gasteiger partial charge >= 0.3 is 0 Å². The highest BCUT2D eigenvalue weighted by Gasteiger charge is 2.32. The maximum Gasteiger partial charge on any atom is 0.266 e.